The third-order valence-electron chi connectivity index (χ3n) is 3.15. The summed E-state index contributed by atoms with van der Waals surface area (Å²) < 4.78 is 5.40. The first-order valence-corrected chi connectivity index (χ1v) is 6.14. The number of ether oxygens (including phenoxy) is 1. The van der Waals surface area contributed by atoms with Crippen LogP contribution in [0.4, 0.5) is 0 Å². The topological polar surface area (TPSA) is 73.9 Å². The second-order valence-corrected chi connectivity index (χ2v) is 4.49. The van der Waals surface area contributed by atoms with Crippen LogP contribution in [0, 0.1) is 13.8 Å². The minimum Gasteiger partial charge on any atom is -0.496 e. The number of nitrogens with zero attached hydrogens (tertiary/aromatic N) is 3. The predicted octanol–water partition coefficient (Wildman–Crippen LogP) is 1.74. The lowest BCUT2D eigenvalue weighted by Crippen LogP contribution is -2.16. The van der Waals surface area contributed by atoms with E-state index in [1.165, 1.54) is 6.33 Å². The van der Waals surface area contributed by atoms with Crippen molar-refractivity contribution in [1.29, 1.82) is 0 Å². The number of nitrogens with two attached hydrogens (primary N) is 1. The van der Waals surface area contributed by atoms with Crippen LogP contribution in [-0.2, 0) is 6.42 Å². The van der Waals surface area contributed by atoms with Crippen LogP contribution in [-0.4, -0.2) is 22.1 Å². The normalized spacial score (nSPS) is 12.2. The summed E-state index contributed by atoms with van der Waals surface area (Å²) in [7, 11) is 1.67. The molecule has 2 aromatic heterocycles. The second kappa shape index (κ2) is 5.75. The van der Waals surface area contributed by atoms with Crippen molar-refractivity contribution in [2.45, 2.75) is 26.3 Å². The van der Waals surface area contributed by atoms with Gasteiger partial charge in [0.25, 0.3) is 0 Å². The highest BCUT2D eigenvalue weighted by Gasteiger charge is 2.14. The summed E-state index contributed by atoms with van der Waals surface area (Å²) in [5.74, 6) is 0.875. The molecule has 2 rings (SSSR count). The van der Waals surface area contributed by atoms with Crippen molar-refractivity contribution in [3.8, 4) is 5.75 Å². The summed E-state index contributed by atoms with van der Waals surface area (Å²) in [4.78, 5) is 12.5. The molecule has 1 unspecified atom stereocenters. The van der Waals surface area contributed by atoms with E-state index in [1.54, 1.807) is 13.3 Å². The van der Waals surface area contributed by atoms with E-state index in [2.05, 4.69) is 15.0 Å². The Hall–Kier alpha value is -2.01. The maximum Gasteiger partial charge on any atom is 0.128 e. The summed E-state index contributed by atoms with van der Waals surface area (Å²) >= 11 is 0. The first-order valence-electron chi connectivity index (χ1n) is 6.14. The third kappa shape index (κ3) is 2.88. The van der Waals surface area contributed by atoms with Gasteiger partial charge < -0.3 is 10.5 Å². The molecule has 2 aromatic rings. The maximum absolute atomic E-state index is 6.15. The van der Waals surface area contributed by atoms with E-state index in [1.807, 2.05) is 26.1 Å². The average molecular weight is 258 g/mol. The second-order valence-electron chi connectivity index (χ2n) is 4.49. The van der Waals surface area contributed by atoms with Crippen LogP contribution in [0.25, 0.3) is 0 Å². The molecule has 2 heterocycles. The van der Waals surface area contributed by atoms with Crippen molar-refractivity contribution < 1.29 is 4.74 Å². The standard InChI is InChI=1S/C14H18N4O/c1-9-7-17-13(10(2)14(9)19-3)6-11(15)12-4-5-16-8-18-12/h4-5,7-8,11H,6,15H2,1-3H3. The van der Waals surface area contributed by atoms with Crippen LogP contribution in [0.15, 0.2) is 24.8 Å². The maximum atomic E-state index is 6.15. The Morgan fingerprint density at radius 3 is 2.74 bits per heavy atom. The molecule has 0 aliphatic rings. The summed E-state index contributed by atoms with van der Waals surface area (Å²) in [6.07, 6.45) is 5.64. The monoisotopic (exact) mass is 258 g/mol. The van der Waals surface area contributed by atoms with Gasteiger partial charge >= 0.3 is 0 Å². The lowest BCUT2D eigenvalue weighted by molar-refractivity contribution is 0.406. The van der Waals surface area contributed by atoms with Gasteiger partial charge in [-0.15, -0.1) is 0 Å². The smallest absolute Gasteiger partial charge is 0.128 e. The summed E-state index contributed by atoms with van der Waals surface area (Å²) in [5, 5.41) is 0. The van der Waals surface area contributed by atoms with Gasteiger partial charge in [0.15, 0.2) is 0 Å². The molecule has 0 amide bonds. The summed E-state index contributed by atoms with van der Waals surface area (Å²) in [6.45, 7) is 3.98. The van der Waals surface area contributed by atoms with Crippen molar-refractivity contribution in [2.24, 2.45) is 5.73 Å². The molecule has 100 valence electrons. The van der Waals surface area contributed by atoms with Crippen LogP contribution >= 0.6 is 0 Å². The van der Waals surface area contributed by atoms with Gasteiger partial charge in [0, 0.05) is 35.6 Å². The number of aromatic nitrogens is 3. The zero-order valence-corrected chi connectivity index (χ0v) is 11.4. The fraction of sp³-hybridized carbons (Fsp3) is 0.357. The van der Waals surface area contributed by atoms with Crippen LogP contribution < -0.4 is 10.5 Å². The molecule has 0 saturated carbocycles. The van der Waals surface area contributed by atoms with Gasteiger partial charge in [0.1, 0.15) is 12.1 Å². The fourth-order valence-corrected chi connectivity index (χ4v) is 2.11. The largest absolute Gasteiger partial charge is 0.496 e. The first kappa shape index (κ1) is 13.4. The van der Waals surface area contributed by atoms with Gasteiger partial charge in [-0.05, 0) is 19.9 Å². The molecule has 0 aliphatic carbocycles. The Morgan fingerprint density at radius 1 is 1.32 bits per heavy atom. The van der Waals surface area contributed by atoms with E-state index in [-0.39, 0.29) is 6.04 Å². The van der Waals surface area contributed by atoms with Crippen molar-refractivity contribution in [2.75, 3.05) is 7.11 Å². The molecular formula is C14H18N4O. The Balaban J connectivity index is 2.25. The molecule has 0 fully saturated rings. The third-order valence-corrected chi connectivity index (χ3v) is 3.15. The van der Waals surface area contributed by atoms with Gasteiger partial charge in [0.05, 0.1) is 18.8 Å². The molecule has 19 heavy (non-hydrogen) atoms. The predicted molar refractivity (Wildman–Crippen MR) is 72.9 cm³/mol. The zero-order valence-electron chi connectivity index (χ0n) is 11.4. The van der Waals surface area contributed by atoms with Crippen molar-refractivity contribution in [3.63, 3.8) is 0 Å². The lowest BCUT2D eigenvalue weighted by atomic mass is 10.0. The van der Waals surface area contributed by atoms with E-state index < -0.39 is 0 Å². The van der Waals surface area contributed by atoms with Crippen LogP contribution in [0.5, 0.6) is 5.75 Å². The number of pyridine rings is 1. The first-order chi connectivity index (χ1) is 9.13. The zero-order chi connectivity index (χ0) is 13.8. The highest BCUT2D eigenvalue weighted by Crippen LogP contribution is 2.26. The van der Waals surface area contributed by atoms with Crippen molar-refractivity contribution >= 4 is 0 Å². The minimum atomic E-state index is -0.193. The molecule has 5 nitrogen and oxygen atoms in total. The molecule has 0 aliphatic heterocycles. The minimum absolute atomic E-state index is 0.193. The Bertz CT molecular complexity index is 557. The molecule has 1 atom stereocenters. The number of hydrogen-bond donors (Lipinski definition) is 1. The van der Waals surface area contributed by atoms with E-state index in [9.17, 15) is 0 Å². The highest BCUT2D eigenvalue weighted by atomic mass is 16.5. The van der Waals surface area contributed by atoms with Gasteiger partial charge in [-0.2, -0.15) is 0 Å². The van der Waals surface area contributed by atoms with Gasteiger partial charge in [-0.1, -0.05) is 0 Å². The van der Waals surface area contributed by atoms with E-state index in [4.69, 9.17) is 10.5 Å². The van der Waals surface area contributed by atoms with Crippen LogP contribution in [0.3, 0.4) is 0 Å². The highest BCUT2D eigenvalue weighted by molar-refractivity contribution is 5.41. The average Bonchev–Trinajstić information content (AvgIpc) is 2.43. The molecule has 0 spiro atoms. The van der Waals surface area contributed by atoms with E-state index in [0.717, 1.165) is 28.3 Å². The molecular weight excluding hydrogens is 240 g/mol. The van der Waals surface area contributed by atoms with Crippen LogP contribution in [0.1, 0.15) is 28.6 Å². The fourth-order valence-electron chi connectivity index (χ4n) is 2.11. The molecule has 0 bridgehead atoms. The molecule has 5 heteroatoms. The van der Waals surface area contributed by atoms with Crippen molar-refractivity contribution in [1.82, 2.24) is 15.0 Å². The van der Waals surface area contributed by atoms with Gasteiger partial charge in [-0.3, -0.25) is 4.98 Å². The van der Waals surface area contributed by atoms with Gasteiger partial charge in [0.2, 0.25) is 0 Å². The van der Waals surface area contributed by atoms with Gasteiger partial charge in [-0.25, -0.2) is 9.97 Å². The number of methoxy groups -OCH3 is 1. The molecule has 2 N–H and O–H groups in total. The van der Waals surface area contributed by atoms with E-state index in [0.29, 0.717) is 6.42 Å². The number of hydrogen-bond acceptors (Lipinski definition) is 5. The Labute approximate surface area is 112 Å². The Kier molecular flexibility index (Phi) is 4.06. The molecule has 0 aromatic carbocycles. The summed E-state index contributed by atoms with van der Waals surface area (Å²) in [6, 6.07) is 1.63. The lowest BCUT2D eigenvalue weighted by Gasteiger charge is -2.15. The molecule has 0 saturated heterocycles. The Morgan fingerprint density at radius 2 is 2.11 bits per heavy atom. The van der Waals surface area contributed by atoms with Crippen molar-refractivity contribution in [3.05, 3.63) is 47.3 Å². The SMILES string of the molecule is COc1c(C)cnc(CC(N)c2ccncn2)c1C. The quantitative estimate of drug-likeness (QED) is 0.904. The number of rotatable bonds is 4. The molecule has 0 radical (unpaired) electrons. The van der Waals surface area contributed by atoms with Crippen LogP contribution in [0.2, 0.25) is 0 Å². The summed E-state index contributed by atoms with van der Waals surface area (Å²) in [5.41, 5.74) is 9.97. The van der Waals surface area contributed by atoms with E-state index >= 15 is 0 Å². The number of aryl methyl sites for hydroxylation is 1.